The van der Waals surface area contributed by atoms with E-state index in [1.807, 2.05) is 12.1 Å². The number of hydrogen-bond acceptors (Lipinski definition) is 2. The predicted molar refractivity (Wildman–Crippen MR) is 129 cm³/mol. The lowest BCUT2D eigenvalue weighted by molar-refractivity contribution is 0.415. The molecular formula is C27H27N3O. The zero-order valence-electron chi connectivity index (χ0n) is 18.0. The monoisotopic (exact) mass is 409 g/mol. The van der Waals surface area contributed by atoms with Crippen LogP contribution in [0.25, 0.3) is 38.9 Å². The third-order valence-corrected chi connectivity index (χ3v) is 5.89. The molecule has 2 heterocycles. The number of fused-ring (bicyclic) bond motifs is 3. The van der Waals surface area contributed by atoms with Gasteiger partial charge in [0.05, 0.1) is 18.1 Å². The quantitative estimate of drug-likeness (QED) is 0.342. The number of methoxy groups -OCH3 is 1. The number of imidazole rings is 1. The standard InChI is InChI=1S/C27H27N3O/c1-3-28-17-18-29-24-11-7-8-12-25(24)30-19-23(20-13-15-22(31-2)16-14-20)26(27(29)30)21-9-5-4-6-10-21/h4-16,19,28H,3,17-18H2,1-2H3. The van der Waals surface area contributed by atoms with Gasteiger partial charge in [0.1, 0.15) is 11.4 Å². The Balaban J connectivity index is 1.82. The number of nitrogens with zero attached hydrogens (tertiary/aromatic N) is 2. The maximum Gasteiger partial charge on any atom is 0.126 e. The van der Waals surface area contributed by atoms with Crippen molar-refractivity contribution in [2.24, 2.45) is 0 Å². The fourth-order valence-electron chi connectivity index (χ4n) is 4.43. The maximum atomic E-state index is 5.38. The lowest BCUT2D eigenvalue weighted by Gasteiger charge is -2.11. The average molecular weight is 410 g/mol. The first kappa shape index (κ1) is 19.5. The molecule has 0 fully saturated rings. The topological polar surface area (TPSA) is 30.6 Å². The maximum absolute atomic E-state index is 5.38. The van der Waals surface area contributed by atoms with Crippen molar-refractivity contribution in [2.45, 2.75) is 13.5 Å². The van der Waals surface area contributed by atoms with Crippen molar-refractivity contribution in [3.63, 3.8) is 0 Å². The summed E-state index contributed by atoms with van der Waals surface area (Å²) in [5, 5.41) is 3.48. The highest BCUT2D eigenvalue weighted by atomic mass is 16.5. The van der Waals surface area contributed by atoms with E-state index >= 15 is 0 Å². The normalized spacial score (nSPS) is 11.4. The van der Waals surface area contributed by atoms with Gasteiger partial charge in [0, 0.05) is 30.4 Å². The Morgan fingerprint density at radius 2 is 1.52 bits per heavy atom. The van der Waals surface area contributed by atoms with Crippen LogP contribution >= 0.6 is 0 Å². The van der Waals surface area contributed by atoms with Gasteiger partial charge in [-0.1, -0.05) is 61.5 Å². The Morgan fingerprint density at radius 1 is 0.806 bits per heavy atom. The predicted octanol–water partition coefficient (Wildman–Crippen LogP) is 5.85. The fourth-order valence-corrected chi connectivity index (χ4v) is 4.43. The smallest absolute Gasteiger partial charge is 0.126 e. The molecule has 0 bridgehead atoms. The molecule has 0 aliphatic heterocycles. The number of benzene rings is 3. The number of para-hydroxylation sites is 2. The van der Waals surface area contributed by atoms with Crippen LogP contribution in [0.3, 0.4) is 0 Å². The van der Waals surface area contributed by atoms with E-state index in [1.54, 1.807) is 7.11 Å². The lowest BCUT2D eigenvalue weighted by Crippen LogP contribution is -2.19. The highest BCUT2D eigenvalue weighted by molar-refractivity contribution is 5.98. The summed E-state index contributed by atoms with van der Waals surface area (Å²) in [7, 11) is 1.70. The Kier molecular flexibility index (Phi) is 5.23. The van der Waals surface area contributed by atoms with Crippen molar-refractivity contribution in [3.8, 4) is 28.0 Å². The molecule has 0 aliphatic carbocycles. The van der Waals surface area contributed by atoms with Gasteiger partial charge in [-0.05, 0) is 41.9 Å². The van der Waals surface area contributed by atoms with E-state index in [2.05, 4.69) is 94.1 Å². The second kappa shape index (κ2) is 8.32. The first-order chi connectivity index (χ1) is 15.3. The number of rotatable bonds is 7. The number of hydrogen-bond donors (Lipinski definition) is 1. The third-order valence-electron chi connectivity index (χ3n) is 5.89. The van der Waals surface area contributed by atoms with E-state index in [0.29, 0.717) is 0 Å². The average Bonchev–Trinajstić information content (AvgIpc) is 3.36. The molecule has 0 saturated carbocycles. The molecule has 0 amide bonds. The van der Waals surface area contributed by atoms with Crippen LogP contribution in [0.15, 0.2) is 85.1 Å². The molecule has 0 saturated heterocycles. The van der Waals surface area contributed by atoms with Crippen molar-refractivity contribution in [1.82, 2.24) is 14.3 Å². The van der Waals surface area contributed by atoms with E-state index in [1.165, 1.54) is 38.9 Å². The van der Waals surface area contributed by atoms with Gasteiger partial charge in [-0.2, -0.15) is 0 Å². The molecule has 0 aliphatic rings. The summed E-state index contributed by atoms with van der Waals surface area (Å²) < 4.78 is 10.2. The Morgan fingerprint density at radius 3 is 2.23 bits per heavy atom. The van der Waals surface area contributed by atoms with Gasteiger partial charge in [-0.15, -0.1) is 0 Å². The molecule has 0 unspecified atom stereocenters. The van der Waals surface area contributed by atoms with Gasteiger partial charge in [0.25, 0.3) is 0 Å². The van der Waals surface area contributed by atoms with E-state index in [-0.39, 0.29) is 0 Å². The SMILES string of the molecule is CCNCCn1c2ccccc2n2cc(-c3ccc(OC)cc3)c(-c3ccccc3)c12. The highest BCUT2D eigenvalue weighted by Gasteiger charge is 2.21. The van der Waals surface area contributed by atoms with Gasteiger partial charge in [0.2, 0.25) is 0 Å². The molecule has 0 atom stereocenters. The summed E-state index contributed by atoms with van der Waals surface area (Å²) in [4.78, 5) is 0. The summed E-state index contributed by atoms with van der Waals surface area (Å²) in [6.45, 7) is 4.97. The molecule has 0 spiro atoms. The van der Waals surface area contributed by atoms with Gasteiger partial charge in [-0.3, -0.25) is 4.40 Å². The van der Waals surface area contributed by atoms with E-state index < -0.39 is 0 Å². The summed E-state index contributed by atoms with van der Waals surface area (Å²) in [6.07, 6.45) is 2.28. The van der Waals surface area contributed by atoms with Crippen LogP contribution in [0.5, 0.6) is 5.75 Å². The van der Waals surface area contributed by atoms with Crippen molar-refractivity contribution >= 4 is 16.7 Å². The Bertz CT molecular complexity index is 1310. The van der Waals surface area contributed by atoms with Crippen LogP contribution in [0, 0.1) is 0 Å². The molecule has 3 aromatic carbocycles. The zero-order valence-corrected chi connectivity index (χ0v) is 18.0. The van der Waals surface area contributed by atoms with Crippen LogP contribution < -0.4 is 10.1 Å². The minimum Gasteiger partial charge on any atom is -0.497 e. The minimum absolute atomic E-state index is 0.870. The molecule has 2 aromatic heterocycles. The van der Waals surface area contributed by atoms with Crippen LogP contribution in [0.4, 0.5) is 0 Å². The summed E-state index contributed by atoms with van der Waals surface area (Å²) in [5.74, 6) is 0.870. The molecule has 5 rings (SSSR count). The first-order valence-electron chi connectivity index (χ1n) is 10.8. The number of likely N-dealkylation sites (N-methyl/N-ethyl adjacent to an activating group) is 1. The van der Waals surface area contributed by atoms with Crippen LogP contribution in [-0.2, 0) is 6.54 Å². The van der Waals surface area contributed by atoms with Gasteiger partial charge < -0.3 is 14.6 Å². The van der Waals surface area contributed by atoms with Gasteiger partial charge >= 0.3 is 0 Å². The largest absolute Gasteiger partial charge is 0.497 e. The Labute approximate surface area is 182 Å². The van der Waals surface area contributed by atoms with Crippen LogP contribution in [0.2, 0.25) is 0 Å². The summed E-state index contributed by atoms with van der Waals surface area (Å²) >= 11 is 0. The summed E-state index contributed by atoms with van der Waals surface area (Å²) in [5.41, 5.74) is 8.62. The highest BCUT2D eigenvalue weighted by Crippen LogP contribution is 2.40. The third kappa shape index (κ3) is 3.39. The van der Waals surface area contributed by atoms with Crippen molar-refractivity contribution in [2.75, 3.05) is 20.2 Å². The molecular weight excluding hydrogens is 382 g/mol. The number of aromatic nitrogens is 2. The zero-order chi connectivity index (χ0) is 21.2. The van der Waals surface area contributed by atoms with Crippen LogP contribution in [-0.4, -0.2) is 29.2 Å². The van der Waals surface area contributed by atoms with Gasteiger partial charge in [-0.25, -0.2) is 0 Å². The molecule has 31 heavy (non-hydrogen) atoms. The van der Waals surface area contributed by atoms with Crippen LogP contribution in [0.1, 0.15) is 6.92 Å². The summed E-state index contributed by atoms with van der Waals surface area (Å²) in [6, 6.07) is 27.7. The molecule has 156 valence electrons. The van der Waals surface area contributed by atoms with E-state index in [9.17, 15) is 0 Å². The van der Waals surface area contributed by atoms with Crippen molar-refractivity contribution < 1.29 is 4.74 Å². The first-order valence-corrected chi connectivity index (χ1v) is 10.8. The molecule has 0 radical (unpaired) electrons. The second-order valence-corrected chi connectivity index (χ2v) is 7.70. The molecule has 1 N–H and O–H groups in total. The Hall–Kier alpha value is -3.50. The van der Waals surface area contributed by atoms with Gasteiger partial charge in [0.15, 0.2) is 0 Å². The molecule has 4 nitrogen and oxygen atoms in total. The number of nitrogens with one attached hydrogen (secondary N) is 1. The lowest BCUT2D eigenvalue weighted by atomic mass is 9.98. The fraction of sp³-hybridized carbons (Fsp3) is 0.185. The molecule has 4 heteroatoms. The number of ether oxygens (including phenoxy) is 1. The van der Waals surface area contributed by atoms with Crippen molar-refractivity contribution in [1.29, 1.82) is 0 Å². The van der Waals surface area contributed by atoms with E-state index in [0.717, 1.165) is 25.4 Å². The van der Waals surface area contributed by atoms with E-state index in [4.69, 9.17) is 4.74 Å². The second-order valence-electron chi connectivity index (χ2n) is 7.70. The molecule has 5 aromatic rings. The minimum atomic E-state index is 0.870. The van der Waals surface area contributed by atoms with Crippen molar-refractivity contribution in [3.05, 3.63) is 85.1 Å².